The fraction of sp³-hybridized carbons (Fsp3) is 0.333. The maximum atomic E-state index is 11.9. The SMILES string of the molecule is Cc1cc(CC(=O)Nc2ccc(N3CCCS3(=O)=O)cc2)no1. The van der Waals surface area contributed by atoms with E-state index in [4.69, 9.17) is 4.52 Å². The average Bonchev–Trinajstić information content (AvgIpc) is 3.05. The molecule has 0 atom stereocenters. The highest BCUT2D eigenvalue weighted by molar-refractivity contribution is 7.93. The van der Waals surface area contributed by atoms with Crippen molar-refractivity contribution in [3.8, 4) is 0 Å². The molecule has 1 amide bonds. The number of carbonyl (C=O) groups excluding carboxylic acids is 1. The number of rotatable bonds is 4. The maximum Gasteiger partial charge on any atom is 0.235 e. The summed E-state index contributed by atoms with van der Waals surface area (Å²) in [6, 6.07) is 8.47. The first-order valence-corrected chi connectivity index (χ1v) is 8.87. The van der Waals surface area contributed by atoms with Crippen molar-refractivity contribution in [2.24, 2.45) is 0 Å². The van der Waals surface area contributed by atoms with Crippen molar-refractivity contribution in [3.63, 3.8) is 0 Å². The largest absolute Gasteiger partial charge is 0.361 e. The lowest BCUT2D eigenvalue weighted by molar-refractivity contribution is -0.115. The van der Waals surface area contributed by atoms with Gasteiger partial charge in [-0.3, -0.25) is 9.10 Å². The quantitative estimate of drug-likeness (QED) is 0.918. The first-order valence-electron chi connectivity index (χ1n) is 7.26. The molecule has 0 saturated carbocycles. The van der Waals surface area contributed by atoms with E-state index in [0.717, 1.165) is 0 Å². The normalized spacial score (nSPS) is 16.5. The van der Waals surface area contributed by atoms with Gasteiger partial charge < -0.3 is 9.84 Å². The second-order valence-electron chi connectivity index (χ2n) is 5.44. The molecule has 1 aliphatic heterocycles. The van der Waals surface area contributed by atoms with Crippen molar-refractivity contribution >= 4 is 27.3 Å². The number of anilines is 2. The van der Waals surface area contributed by atoms with Gasteiger partial charge in [-0.1, -0.05) is 5.16 Å². The van der Waals surface area contributed by atoms with Crippen LogP contribution >= 0.6 is 0 Å². The second-order valence-corrected chi connectivity index (χ2v) is 7.46. The van der Waals surface area contributed by atoms with Gasteiger partial charge in [0.05, 0.1) is 23.6 Å². The van der Waals surface area contributed by atoms with Crippen molar-refractivity contribution in [1.29, 1.82) is 0 Å². The predicted octanol–water partition coefficient (Wildman–Crippen LogP) is 1.70. The molecule has 2 heterocycles. The molecule has 1 N–H and O–H groups in total. The predicted molar refractivity (Wildman–Crippen MR) is 85.8 cm³/mol. The Bertz CT molecular complexity index is 812. The van der Waals surface area contributed by atoms with Gasteiger partial charge >= 0.3 is 0 Å². The Labute approximate surface area is 134 Å². The van der Waals surface area contributed by atoms with E-state index in [2.05, 4.69) is 10.5 Å². The van der Waals surface area contributed by atoms with E-state index < -0.39 is 10.0 Å². The van der Waals surface area contributed by atoms with Gasteiger partial charge in [0, 0.05) is 18.3 Å². The highest BCUT2D eigenvalue weighted by Crippen LogP contribution is 2.25. The molecule has 2 aromatic rings. The van der Waals surface area contributed by atoms with Gasteiger partial charge in [-0.15, -0.1) is 0 Å². The minimum absolute atomic E-state index is 0.125. The van der Waals surface area contributed by atoms with E-state index in [1.54, 1.807) is 37.3 Å². The van der Waals surface area contributed by atoms with Crippen LogP contribution in [0.2, 0.25) is 0 Å². The Morgan fingerprint density at radius 3 is 2.65 bits per heavy atom. The third-order valence-electron chi connectivity index (χ3n) is 3.56. The van der Waals surface area contributed by atoms with E-state index in [0.29, 0.717) is 35.8 Å². The van der Waals surface area contributed by atoms with E-state index in [1.807, 2.05) is 0 Å². The minimum Gasteiger partial charge on any atom is -0.361 e. The Kier molecular flexibility index (Phi) is 4.08. The van der Waals surface area contributed by atoms with Gasteiger partial charge in [0.2, 0.25) is 15.9 Å². The zero-order valence-electron chi connectivity index (χ0n) is 12.7. The Balaban J connectivity index is 1.64. The first-order chi connectivity index (χ1) is 10.9. The second kappa shape index (κ2) is 6.04. The fourth-order valence-corrected chi connectivity index (χ4v) is 4.08. The molecule has 1 aromatic heterocycles. The number of hydrogen-bond acceptors (Lipinski definition) is 5. The molecule has 0 bridgehead atoms. The Morgan fingerprint density at radius 1 is 1.35 bits per heavy atom. The standard InChI is InChI=1S/C15H17N3O4S/c1-11-9-13(17-22-11)10-15(19)16-12-3-5-14(6-4-12)18-7-2-8-23(18,20)21/h3-6,9H,2,7-8,10H2,1H3,(H,16,19). The van der Waals surface area contributed by atoms with Gasteiger partial charge in [0.1, 0.15) is 5.76 Å². The van der Waals surface area contributed by atoms with Crippen LogP contribution in [0.25, 0.3) is 0 Å². The number of hydrogen-bond donors (Lipinski definition) is 1. The molecule has 1 saturated heterocycles. The van der Waals surface area contributed by atoms with Crippen LogP contribution in [0.5, 0.6) is 0 Å². The fourth-order valence-electron chi connectivity index (χ4n) is 2.51. The van der Waals surface area contributed by atoms with Gasteiger partial charge in [0.15, 0.2) is 0 Å². The molecule has 122 valence electrons. The number of carbonyl (C=O) groups is 1. The van der Waals surface area contributed by atoms with Crippen LogP contribution in [0, 0.1) is 6.92 Å². The van der Waals surface area contributed by atoms with Gasteiger partial charge in [0.25, 0.3) is 0 Å². The number of benzene rings is 1. The van der Waals surface area contributed by atoms with Crippen molar-refractivity contribution in [2.45, 2.75) is 19.8 Å². The van der Waals surface area contributed by atoms with Crippen LogP contribution in [-0.2, 0) is 21.2 Å². The smallest absolute Gasteiger partial charge is 0.235 e. The molecule has 1 fully saturated rings. The summed E-state index contributed by atoms with van der Waals surface area (Å²) in [6.07, 6.45) is 0.761. The van der Waals surface area contributed by atoms with Crippen molar-refractivity contribution in [2.75, 3.05) is 21.9 Å². The summed E-state index contributed by atoms with van der Waals surface area (Å²) in [4.78, 5) is 11.9. The van der Waals surface area contributed by atoms with Gasteiger partial charge in [-0.2, -0.15) is 0 Å². The zero-order valence-corrected chi connectivity index (χ0v) is 13.5. The van der Waals surface area contributed by atoms with Crippen LogP contribution in [-0.4, -0.2) is 31.8 Å². The molecule has 1 aromatic carbocycles. The molecule has 8 heteroatoms. The molecular weight excluding hydrogens is 318 g/mol. The lowest BCUT2D eigenvalue weighted by atomic mass is 10.2. The molecular formula is C15H17N3O4S. The van der Waals surface area contributed by atoms with Crippen molar-refractivity contribution in [3.05, 3.63) is 41.8 Å². The van der Waals surface area contributed by atoms with Crippen LogP contribution in [0.4, 0.5) is 11.4 Å². The zero-order chi connectivity index (χ0) is 16.4. The lowest BCUT2D eigenvalue weighted by Gasteiger charge is -2.17. The summed E-state index contributed by atoms with van der Waals surface area (Å²) in [7, 11) is -3.19. The van der Waals surface area contributed by atoms with Gasteiger partial charge in [-0.05, 0) is 37.6 Å². The Hall–Kier alpha value is -2.35. The molecule has 1 aliphatic rings. The van der Waals surface area contributed by atoms with Crippen LogP contribution in [0.15, 0.2) is 34.9 Å². The van der Waals surface area contributed by atoms with E-state index in [9.17, 15) is 13.2 Å². The topological polar surface area (TPSA) is 92.5 Å². The monoisotopic (exact) mass is 335 g/mol. The van der Waals surface area contributed by atoms with E-state index in [-0.39, 0.29) is 18.1 Å². The summed E-state index contributed by atoms with van der Waals surface area (Å²) in [5, 5.41) is 6.52. The van der Waals surface area contributed by atoms with E-state index in [1.165, 1.54) is 4.31 Å². The summed E-state index contributed by atoms with van der Waals surface area (Å²) in [5.74, 6) is 0.631. The summed E-state index contributed by atoms with van der Waals surface area (Å²) in [5.41, 5.74) is 1.79. The highest BCUT2D eigenvalue weighted by Gasteiger charge is 2.28. The average molecular weight is 335 g/mol. The number of sulfonamides is 1. The van der Waals surface area contributed by atoms with Gasteiger partial charge in [-0.25, -0.2) is 8.42 Å². The maximum absolute atomic E-state index is 11.9. The minimum atomic E-state index is -3.19. The number of aromatic nitrogens is 1. The summed E-state index contributed by atoms with van der Waals surface area (Å²) >= 11 is 0. The number of aryl methyl sites for hydroxylation is 1. The lowest BCUT2D eigenvalue weighted by Crippen LogP contribution is -2.25. The van der Waals surface area contributed by atoms with Crippen LogP contribution in [0.1, 0.15) is 17.9 Å². The summed E-state index contributed by atoms with van der Waals surface area (Å²) in [6.45, 7) is 2.26. The van der Waals surface area contributed by atoms with Crippen molar-refractivity contribution in [1.82, 2.24) is 5.16 Å². The number of nitrogens with one attached hydrogen (secondary N) is 1. The summed E-state index contributed by atoms with van der Waals surface area (Å²) < 4.78 is 30.1. The first kappa shape index (κ1) is 15.5. The highest BCUT2D eigenvalue weighted by atomic mass is 32.2. The van der Waals surface area contributed by atoms with Crippen molar-refractivity contribution < 1.29 is 17.7 Å². The van der Waals surface area contributed by atoms with E-state index >= 15 is 0 Å². The third-order valence-corrected chi connectivity index (χ3v) is 5.43. The molecule has 23 heavy (non-hydrogen) atoms. The molecule has 7 nitrogen and oxygen atoms in total. The number of amides is 1. The van der Waals surface area contributed by atoms with Crippen LogP contribution in [0.3, 0.4) is 0 Å². The Morgan fingerprint density at radius 2 is 2.09 bits per heavy atom. The van der Waals surface area contributed by atoms with Crippen LogP contribution < -0.4 is 9.62 Å². The molecule has 0 unspecified atom stereocenters. The molecule has 0 aliphatic carbocycles. The number of nitrogens with zero attached hydrogens (tertiary/aromatic N) is 2. The molecule has 3 rings (SSSR count). The molecule has 0 spiro atoms. The molecule has 0 radical (unpaired) electrons. The third kappa shape index (κ3) is 3.53.